The molecule has 3 aromatic rings. The van der Waals surface area contributed by atoms with E-state index in [4.69, 9.17) is 0 Å². The van der Waals surface area contributed by atoms with E-state index in [1.165, 1.54) is 0 Å². The molecule has 8 nitrogen and oxygen atoms in total. The van der Waals surface area contributed by atoms with Crippen molar-refractivity contribution in [2.24, 2.45) is 0 Å². The lowest BCUT2D eigenvalue weighted by molar-refractivity contribution is 0.102. The molecule has 0 unspecified atom stereocenters. The van der Waals surface area contributed by atoms with Gasteiger partial charge in [-0.1, -0.05) is 18.2 Å². The monoisotopic (exact) mass is 271 g/mol. The third kappa shape index (κ3) is 1.79. The predicted octanol–water partition coefficient (Wildman–Crippen LogP) is -0.235. The van der Waals surface area contributed by atoms with Gasteiger partial charge in [-0.05, 0) is 16.5 Å². The molecule has 0 bridgehead atoms. The van der Waals surface area contributed by atoms with Crippen LogP contribution >= 0.6 is 0 Å². The van der Waals surface area contributed by atoms with Crippen molar-refractivity contribution in [3.63, 3.8) is 0 Å². The van der Waals surface area contributed by atoms with Gasteiger partial charge in [-0.15, -0.1) is 5.10 Å². The Balaban J connectivity index is 2.33. The molecule has 0 spiro atoms. The number of aromatic nitrogens is 5. The summed E-state index contributed by atoms with van der Waals surface area (Å²) in [4.78, 5) is 26.9. The van der Waals surface area contributed by atoms with E-state index in [0.717, 1.165) is 0 Å². The van der Waals surface area contributed by atoms with E-state index in [1.807, 2.05) is 0 Å². The zero-order valence-electron chi connectivity index (χ0n) is 10.1. The SMILES string of the molecule is O=C(c1nnn[nH]1)c1c(CO)c2ccccc2[nH]c1=O. The number of ketones is 1. The fourth-order valence-corrected chi connectivity index (χ4v) is 2.09. The summed E-state index contributed by atoms with van der Waals surface area (Å²) in [6.45, 7) is -0.437. The second-order valence-corrected chi connectivity index (χ2v) is 4.09. The van der Waals surface area contributed by atoms with E-state index in [-0.39, 0.29) is 17.0 Å². The van der Waals surface area contributed by atoms with E-state index in [9.17, 15) is 14.7 Å². The zero-order chi connectivity index (χ0) is 14.1. The Morgan fingerprint density at radius 3 is 2.80 bits per heavy atom. The molecule has 0 saturated heterocycles. The predicted molar refractivity (Wildman–Crippen MR) is 68.1 cm³/mol. The maximum atomic E-state index is 12.2. The number of fused-ring (bicyclic) bond motifs is 1. The number of tetrazole rings is 1. The largest absolute Gasteiger partial charge is 0.392 e. The lowest BCUT2D eigenvalue weighted by Gasteiger charge is -2.08. The first-order chi connectivity index (χ1) is 9.72. The van der Waals surface area contributed by atoms with E-state index in [2.05, 4.69) is 25.6 Å². The number of H-pyrrole nitrogens is 2. The third-order valence-corrected chi connectivity index (χ3v) is 2.97. The van der Waals surface area contributed by atoms with Crippen molar-refractivity contribution >= 4 is 16.7 Å². The van der Waals surface area contributed by atoms with Gasteiger partial charge >= 0.3 is 0 Å². The molecule has 0 aliphatic rings. The van der Waals surface area contributed by atoms with Crippen LogP contribution in [0.5, 0.6) is 0 Å². The average molecular weight is 271 g/mol. The Morgan fingerprint density at radius 1 is 1.30 bits per heavy atom. The van der Waals surface area contributed by atoms with Crippen molar-refractivity contribution in [3.05, 3.63) is 51.6 Å². The Bertz CT molecular complexity index is 838. The maximum absolute atomic E-state index is 12.2. The highest BCUT2D eigenvalue weighted by Crippen LogP contribution is 2.19. The van der Waals surface area contributed by atoms with Crippen LogP contribution in [-0.4, -0.2) is 36.5 Å². The summed E-state index contributed by atoms with van der Waals surface area (Å²) in [7, 11) is 0. The Hall–Kier alpha value is -2.87. The molecule has 3 rings (SSSR count). The molecule has 20 heavy (non-hydrogen) atoms. The van der Waals surface area contributed by atoms with Crippen LogP contribution in [0.25, 0.3) is 10.9 Å². The molecule has 0 atom stereocenters. The molecule has 0 radical (unpaired) electrons. The van der Waals surface area contributed by atoms with Gasteiger partial charge in [0.2, 0.25) is 11.6 Å². The molecule has 0 saturated carbocycles. The van der Waals surface area contributed by atoms with Gasteiger partial charge in [-0.25, -0.2) is 5.10 Å². The van der Waals surface area contributed by atoms with Crippen molar-refractivity contribution in [1.82, 2.24) is 25.6 Å². The summed E-state index contributed by atoms with van der Waals surface area (Å²) in [5, 5.41) is 22.5. The lowest BCUT2D eigenvalue weighted by Crippen LogP contribution is -2.22. The molecule has 3 N–H and O–H groups in total. The highest BCUT2D eigenvalue weighted by Gasteiger charge is 2.22. The van der Waals surface area contributed by atoms with E-state index in [0.29, 0.717) is 10.9 Å². The molecule has 0 fully saturated rings. The number of benzene rings is 1. The van der Waals surface area contributed by atoms with Gasteiger partial charge in [0.25, 0.3) is 5.56 Å². The minimum absolute atomic E-state index is 0.152. The number of carbonyl (C=O) groups is 1. The fourth-order valence-electron chi connectivity index (χ4n) is 2.09. The number of hydrogen-bond acceptors (Lipinski definition) is 6. The minimum Gasteiger partial charge on any atom is -0.392 e. The summed E-state index contributed by atoms with van der Waals surface area (Å²) in [5.41, 5.74) is 0.0541. The third-order valence-electron chi connectivity index (χ3n) is 2.97. The number of hydrogen-bond donors (Lipinski definition) is 3. The standard InChI is InChI=1S/C12H9N5O3/c18-5-7-6-3-1-2-4-8(6)13-12(20)9(7)10(19)11-14-16-17-15-11/h1-4,18H,5H2,(H,13,20)(H,14,15,16,17). The van der Waals surface area contributed by atoms with Crippen LogP contribution in [0, 0.1) is 0 Å². The summed E-state index contributed by atoms with van der Waals surface area (Å²) in [6, 6.07) is 6.91. The minimum atomic E-state index is -0.661. The van der Waals surface area contributed by atoms with Crippen LogP contribution in [0.15, 0.2) is 29.1 Å². The molecule has 1 aromatic carbocycles. The van der Waals surface area contributed by atoms with Gasteiger partial charge < -0.3 is 10.1 Å². The summed E-state index contributed by atoms with van der Waals surface area (Å²) < 4.78 is 0. The number of aromatic amines is 2. The molecule has 0 amide bonds. The first kappa shape index (κ1) is 12.2. The number of aliphatic hydroxyl groups is 1. The Labute approximate surface area is 111 Å². The van der Waals surface area contributed by atoms with Crippen LogP contribution in [-0.2, 0) is 6.61 Å². The topological polar surface area (TPSA) is 125 Å². The van der Waals surface area contributed by atoms with Gasteiger partial charge in [-0.2, -0.15) is 0 Å². The number of para-hydroxylation sites is 1. The van der Waals surface area contributed by atoms with Crippen molar-refractivity contribution in [1.29, 1.82) is 0 Å². The Morgan fingerprint density at radius 2 is 2.10 bits per heavy atom. The molecule has 0 aliphatic heterocycles. The number of pyridine rings is 1. The zero-order valence-corrected chi connectivity index (χ0v) is 10.1. The maximum Gasteiger partial charge on any atom is 0.260 e. The van der Waals surface area contributed by atoms with Crippen molar-refractivity contribution < 1.29 is 9.90 Å². The fraction of sp³-hybridized carbons (Fsp3) is 0.0833. The number of nitrogens with zero attached hydrogens (tertiary/aromatic N) is 3. The highest BCUT2D eigenvalue weighted by atomic mass is 16.3. The van der Waals surface area contributed by atoms with Crippen LogP contribution in [0.1, 0.15) is 21.7 Å². The van der Waals surface area contributed by atoms with Gasteiger partial charge in [-0.3, -0.25) is 9.59 Å². The van der Waals surface area contributed by atoms with Crippen LogP contribution in [0.3, 0.4) is 0 Å². The second-order valence-electron chi connectivity index (χ2n) is 4.09. The van der Waals surface area contributed by atoms with Crippen molar-refractivity contribution in [2.45, 2.75) is 6.61 Å². The first-order valence-electron chi connectivity index (χ1n) is 5.75. The normalized spacial score (nSPS) is 10.8. The molecule has 8 heteroatoms. The first-order valence-corrected chi connectivity index (χ1v) is 5.75. The number of rotatable bonds is 3. The van der Waals surface area contributed by atoms with Crippen LogP contribution in [0.2, 0.25) is 0 Å². The quantitative estimate of drug-likeness (QED) is 0.565. The number of nitrogens with one attached hydrogen (secondary N) is 2. The van der Waals surface area contributed by atoms with Gasteiger partial charge in [0.15, 0.2) is 0 Å². The molecular formula is C12H9N5O3. The Kier molecular flexibility index (Phi) is 2.84. The highest BCUT2D eigenvalue weighted by molar-refractivity contribution is 6.09. The molecule has 0 aliphatic carbocycles. The van der Waals surface area contributed by atoms with Crippen LogP contribution < -0.4 is 5.56 Å². The molecule has 2 aromatic heterocycles. The van der Waals surface area contributed by atoms with Gasteiger partial charge in [0, 0.05) is 16.5 Å². The smallest absolute Gasteiger partial charge is 0.260 e. The van der Waals surface area contributed by atoms with Crippen molar-refractivity contribution in [2.75, 3.05) is 0 Å². The van der Waals surface area contributed by atoms with Crippen LogP contribution in [0.4, 0.5) is 0 Å². The van der Waals surface area contributed by atoms with Crippen molar-refractivity contribution in [3.8, 4) is 0 Å². The molecular weight excluding hydrogens is 262 g/mol. The van der Waals surface area contributed by atoms with Gasteiger partial charge in [0.05, 0.1) is 12.2 Å². The second kappa shape index (κ2) is 4.67. The summed E-state index contributed by atoms with van der Waals surface area (Å²) in [6.07, 6.45) is 0. The molecule has 100 valence electrons. The van der Waals surface area contributed by atoms with E-state index >= 15 is 0 Å². The lowest BCUT2D eigenvalue weighted by atomic mass is 10.0. The van der Waals surface area contributed by atoms with Gasteiger partial charge in [0.1, 0.15) is 0 Å². The molecule has 2 heterocycles. The number of aliphatic hydroxyl groups excluding tert-OH is 1. The summed E-state index contributed by atoms with van der Waals surface area (Å²) >= 11 is 0. The van der Waals surface area contributed by atoms with E-state index in [1.54, 1.807) is 24.3 Å². The summed E-state index contributed by atoms with van der Waals surface area (Å²) in [5.74, 6) is -0.813. The average Bonchev–Trinajstić information content (AvgIpc) is 2.99. The number of carbonyl (C=O) groups excluding carboxylic acids is 1. The van der Waals surface area contributed by atoms with E-state index < -0.39 is 17.9 Å².